The minimum atomic E-state index is -0.622. The maximum Gasteiger partial charge on any atom is 0.408 e. The van der Waals surface area contributed by atoms with Crippen LogP contribution in [0.2, 0.25) is 0 Å². The van der Waals surface area contributed by atoms with E-state index in [0.717, 1.165) is 5.56 Å². The van der Waals surface area contributed by atoms with Crippen molar-refractivity contribution in [2.45, 2.75) is 32.8 Å². The molecule has 1 heterocycles. The van der Waals surface area contributed by atoms with Crippen LogP contribution in [0.15, 0.2) is 29.6 Å². The Morgan fingerprint density at radius 3 is 2.72 bits per heavy atom. The van der Waals surface area contributed by atoms with E-state index in [1.165, 1.54) is 11.3 Å². The second-order valence-electron chi connectivity index (χ2n) is 6.35. The molecular formula is C18H19N3O3S. The number of carbonyl (C=O) groups excluding carboxylic acids is 2. The first-order valence-corrected chi connectivity index (χ1v) is 8.59. The predicted molar refractivity (Wildman–Crippen MR) is 95.2 cm³/mol. The third-order valence-corrected chi connectivity index (χ3v) is 3.90. The number of alkyl carbamates (subject to hydrolysis) is 1. The second kappa shape index (κ2) is 7.90. The Morgan fingerprint density at radius 2 is 2.04 bits per heavy atom. The van der Waals surface area contributed by atoms with Gasteiger partial charge in [-0.3, -0.25) is 4.79 Å². The maximum absolute atomic E-state index is 12.0. The number of ketones is 1. The van der Waals surface area contributed by atoms with Crippen LogP contribution in [0.3, 0.4) is 0 Å². The zero-order valence-corrected chi connectivity index (χ0v) is 15.1. The third kappa shape index (κ3) is 5.69. The molecule has 0 aliphatic heterocycles. The van der Waals surface area contributed by atoms with E-state index in [1.54, 1.807) is 32.9 Å². The average Bonchev–Trinajstić information content (AvgIpc) is 2.99. The molecule has 0 aliphatic carbocycles. The molecule has 1 aromatic carbocycles. The molecule has 0 unspecified atom stereocenters. The number of rotatable bonds is 5. The van der Waals surface area contributed by atoms with Crippen LogP contribution in [0, 0.1) is 11.3 Å². The van der Waals surface area contributed by atoms with Crippen LogP contribution in [-0.2, 0) is 16.0 Å². The summed E-state index contributed by atoms with van der Waals surface area (Å²) in [6.45, 7) is 5.15. The number of thiazole rings is 1. The van der Waals surface area contributed by atoms with Crippen LogP contribution >= 0.6 is 11.3 Å². The Morgan fingerprint density at radius 1 is 1.32 bits per heavy atom. The minimum absolute atomic E-state index is 0.112. The molecule has 0 radical (unpaired) electrons. The van der Waals surface area contributed by atoms with Gasteiger partial charge in [0.2, 0.25) is 0 Å². The molecule has 1 N–H and O–H groups in total. The number of aromatic nitrogens is 1. The van der Waals surface area contributed by atoms with Crippen molar-refractivity contribution in [3.05, 3.63) is 40.2 Å². The topological polar surface area (TPSA) is 92.1 Å². The highest BCUT2D eigenvalue weighted by Crippen LogP contribution is 2.25. The summed E-state index contributed by atoms with van der Waals surface area (Å²) in [4.78, 5) is 28.0. The molecule has 0 bridgehead atoms. The minimum Gasteiger partial charge on any atom is -0.444 e. The Balaban J connectivity index is 1.94. The highest BCUT2D eigenvalue weighted by molar-refractivity contribution is 7.10. The highest BCUT2D eigenvalue weighted by Gasteiger charge is 2.17. The molecule has 2 aromatic rings. The van der Waals surface area contributed by atoms with Crippen LogP contribution in [0.1, 0.15) is 31.3 Å². The number of hydrogen-bond donors (Lipinski definition) is 1. The van der Waals surface area contributed by atoms with Crippen molar-refractivity contribution in [1.82, 2.24) is 10.3 Å². The second-order valence-corrected chi connectivity index (χ2v) is 7.30. The van der Waals surface area contributed by atoms with Crippen molar-refractivity contribution < 1.29 is 14.3 Å². The highest BCUT2D eigenvalue weighted by atomic mass is 32.1. The van der Waals surface area contributed by atoms with Gasteiger partial charge in [0.1, 0.15) is 10.6 Å². The molecule has 0 atom stereocenters. The summed E-state index contributed by atoms with van der Waals surface area (Å²) in [6, 6.07) is 9.31. The Bertz CT molecular complexity index is 815. The monoisotopic (exact) mass is 357 g/mol. The summed E-state index contributed by atoms with van der Waals surface area (Å²) in [5.41, 5.74) is 1.35. The number of nitrogens with zero attached hydrogens (tertiary/aromatic N) is 2. The summed E-state index contributed by atoms with van der Waals surface area (Å²) in [5, 5.41) is 14.1. The van der Waals surface area contributed by atoms with E-state index in [-0.39, 0.29) is 18.7 Å². The zero-order chi connectivity index (χ0) is 18.4. The van der Waals surface area contributed by atoms with E-state index in [9.17, 15) is 9.59 Å². The van der Waals surface area contributed by atoms with Gasteiger partial charge >= 0.3 is 6.09 Å². The average molecular weight is 357 g/mol. The Labute approximate surface area is 150 Å². The normalized spacial score (nSPS) is 10.8. The summed E-state index contributed by atoms with van der Waals surface area (Å²) >= 11 is 1.35. The van der Waals surface area contributed by atoms with Gasteiger partial charge in [0.25, 0.3) is 0 Å². The summed E-state index contributed by atoms with van der Waals surface area (Å²) in [7, 11) is 0. The van der Waals surface area contributed by atoms with Gasteiger partial charge in [-0.25, -0.2) is 9.78 Å². The molecule has 1 amide bonds. The van der Waals surface area contributed by atoms with E-state index < -0.39 is 11.7 Å². The van der Waals surface area contributed by atoms with Crippen molar-refractivity contribution in [2.75, 3.05) is 6.54 Å². The molecule has 6 nitrogen and oxygen atoms in total. The number of Topliss-reactive ketones (excluding diaryl/α,β-unsaturated/α-hetero) is 1. The Hall–Kier alpha value is -2.72. The molecule has 0 fully saturated rings. The number of nitriles is 1. The summed E-state index contributed by atoms with van der Waals surface area (Å²) < 4.78 is 5.08. The lowest BCUT2D eigenvalue weighted by atomic mass is 10.1. The predicted octanol–water partition coefficient (Wildman–Crippen LogP) is 3.32. The zero-order valence-electron chi connectivity index (χ0n) is 14.3. The lowest BCUT2D eigenvalue weighted by Crippen LogP contribution is -2.35. The van der Waals surface area contributed by atoms with Crippen molar-refractivity contribution in [3.8, 4) is 17.3 Å². The van der Waals surface area contributed by atoms with Gasteiger partial charge in [-0.2, -0.15) is 5.26 Å². The molecule has 130 valence electrons. The van der Waals surface area contributed by atoms with Crippen LogP contribution in [0.4, 0.5) is 4.79 Å². The van der Waals surface area contributed by atoms with E-state index in [4.69, 9.17) is 10.00 Å². The lowest BCUT2D eigenvalue weighted by molar-refractivity contribution is -0.117. The maximum atomic E-state index is 12.0. The van der Waals surface area contributed by atoms with Crippen molar-refractivity contribution in [2.24, 2.45) is 0 Å². The fourth-order valence-corrected chi connectivity index (χ4v) is 2.86. The summed E-state index contributed by atoms with van der Waals surface area (Å²) in [5.74, 6) is -0.166. The van der Waals surface area contributed by atoms with Gasteiger partial charge in [0, 0.05) is 10.9 Å². The van der Waals surface area contributed by atoms with Crippen molar-refractivity contribution in [3.63, 3.8) is 0 Å². The standard InChI is InChI=1S/C18H19N3O3S/c1-18(2,3)24-17(23)20-10-13(22)8-16-21-15(11-25-16)14-7-5-4-6-12(14)9-19/h4-7,11H,8,10H2,1-3H3,(H,20,23). The van der Waals surface area contributed by atoms with Crippen molar-refractivity contribution in [1.29, 1.82) is 5.26 Å². The van der Waals surface area contributed by atoms with Gasteiger partial charge in [-0.15, -0.1) is 11.3 Å². The molecule has 0 spiro atoms. The van der Waals surface area contributed by atoms with Crippen LogP contribution in [-0.4, -0.2) is 29.0 Å². The Kier molecular flexibility index (Phi) is 5.88. The fraction of sp³-hybridized carbons (Fsp3) is 0.333. The largest absolute Gasteiger partial charge is 0.444 e. The number of benzene rings is 1. The SMILES string of the molecule is CC(C)(C)OC(=O)NCC(=O)Cc1nc(-c2ccccc2C#N)cs1. The molecule has 25 heavy (non-hydrogen) atoms. The first kappa shape index (κ1) is 18.6. The number of amides is 1. The van der Waals surface area contributed by atoms with Crippen LogP contribution in [0.5, 0.6) is 0 Å². The van der Waals surface area contributed by atoms with E-state index >= 15 is 0 Å². The number of hydrogen-bond acceptors (Lipinski definition) is 6. The number of ether oxygens (including phenoxy) is 1. The quantitative estimate of drug-likeness (QED) is 0.886. The molecule has 0 aliphatic rings. The molecule has 2 rings (SSSR count). The van der Waals surface area contributed by atoms with Gasteiger partial charge in [-0.1, -0.05) is 18.2 Å². The third-order valence-electron chi connectivity index (χ3n) is 3.05. The molecule has 7 heteroatoms. The smallest absolute Gasteiger partial charge is 0.408 e. The van der Waals surface area contributed by atoms with Crippen LogP contribution in [0.25, 0.3) is 11.3 Å². The number of carbonyl (C=O) groups is 2. The first-order chi connectivity index (χ1) is 11.8. The molecule has 1 aromatic heterocycles. The van der Waals surface area contributed by atoms with E-state index in [1.807, 2.05) is 17.5 Å². The van der Waals surface area contributed by atoms with Crippen molar-refractivity contribution >= 4 is 23.2 Å². The van der Waals surface area contributed by atoms with E-state index in [2.05, 4.69) is 16.4 Å². The van der Waals surface area contributed by atoms with Crippen LogP contribution < -0.4 is 5.32 Å². The summed E-state index contributed by atoms with van der Waals surface area (Å²) in [6.07, 6.45) is -0.501. The number of nitrogens with one attached hydrogen (secondary N) is 1. The van der Waals surface area contributed by atoms with Gasteiger partial charge in [0.05, 0.1) is 30.3 Å². The fourth-order valence-electron chi connectivity index (χ4n) is 2.04. The van der Waals surface area contributed by atoms with Gasteiger partial charge in [0.15, 0.2) is 5.78 Å². The molecule has 0 saturated heterocycles. The van der Waals surface area contributed by atoms with Gasteiger partial charge in [-0.05, 0) is 26.8 Å². The first-order valence-electron chi connectivity index (χ1n) is 7.71. The van der Waals surface area contributed by atoms with E-state index in [0.29, 0.717) is 16.3 Å². The molecular weight excluding hydrogens is 338 g/mol. The lowest BCUT2D eigenvalue weighted by Gasteiger charge is -2.19. The van der Waals surface area contributed by atoms with Gasteiger partial charge < -0.3 is 10.1 Å². The molecule has 0 saturated carbocycles.